The van der Waals surface area contributed by atoms with E-state index in [0.29, 0.717) is 24.7 Å². The number of rotatable bonds is 3. The molecule has 1 heterocycles. The maximum Gasteiger partial charge on any atom is 0.410 e. The van der Waals surface area contributed by atoms with Crippen LogP contribution in [-0.4, -0.2) is 41.8 Å². The molecule has 0 N–H and O–H groups in total. The first-order valence-electron chi connectivity index (χ1n) is 9.91. The van der Waals surface area contributed by atoms with E-state index in [1.807, 2.05) is 51.7 Å². The summed E-state index contributed by atoms with van der Waals surface area (Å²) in [5, 5.41) is 9.50. The van der Waals surface area contributed by atoms with Crippen LogP contribution in [0.4, 0.5) is 14.9 Å². The molecule has 1 amide bonds. The second-order valence-electron chi connectivity index (χ2n) is 9.17. The van der Waals surface area contributed by atoms with Crippen LogP contribution in [0.1, 0.15) is 59.6 Å². The van der Waals surface area contributed by atoms with Gasteiger partial charge in [0.1, 0.15) is 23.1 Å². The monoisotopic (exact) mass is 389 g/mol. The van der Waals surface area contributed by atoms with Gasteiger partial charge in [0, 0.05) is 13.1 Å². The molecule has 1 fully saturated rings. The Kier molecular flexibility index (Phi) is 6.59. The maximum absolute atomic E-state index is 14.6. The number of anilines is 1. The number of hydrogen-bond donors (Lipinski definition) is 0. The van der Waals surface area contributed by atoms with E-state index in [4.69, 9.17) is 4.74 Å². The second kappa shape index (κ2) is 8.38. The van der Waals surface area contributed by atoms with Crippen molar-refractivity contribution in [1.82, 2.24) is 4.90 Å². The van der Waals surface area contributed by atoms with Gasteiger partial charge in [-0.2, -0.15) is 5.26 Å². The van der Waals surface area contributed by atoms with Gasteiger partial charge in [-0.25, -0.2) is 9.18 Å². The molecule has 0 radical (unpaired) electrons. The van der Waals surface area contributed by atoms with Crippen LogP contribution < -0.4 is 4.90 Å². The molecular formula is C22H32FN3O2. The quantitative estimate of drug-likeness (QED) is 0.750. The zero-order valence-electron chi connectivity index (χ0n) is 18.0. The van der Waals surface area contributed by atoms with Crippen molar-refractivity contribution in [3.05, 3.63) is 29.1 Å². The summed E-state index contributed by atoms with van der Waals surface area (Å²) in [6.07, 6.45) is 0.408. The lowest BCUT2D eigenvalue weighted by molar-refractivity contribution is 0.00565. The maximum atomic E-state index is 14.6. The average Bonchev–Trinajstić information content (AvgIpc) is 2.51. The smallest absolute Gasteiger partial charge is 0.410 e. The fourth-order valence-corrected chi connectivity index (χ4v) is 3.79. The van der Waals surface area contributed by atoms with E-state index in [2.05, 4.69) is 13.8 Å². The van der Waals surface area contributed by atoms with E-state index in [1.54, 1.807) is 4.90 Å². The summed E-state index contributed by atoms with van der Waals surface area (Å²) in [4.78, 5) is 16.4. The normalized spacial score (nSPS) is 20.3. The van der Waals surface area contributed by atoms with Crippen molar-refractivity contribution >= 4 is 11.8 Å². The van der Waals surface area contributed by atoms with Crippen LogP contribution in [0.5, 0.6) is 0 Å². The number of piperazine rings is 1. The van der Waals surface area contributed by atoms with E-state index >= 15 is 0 Å². The number of nitriles is 1. The molecule has 5 nitrogen and oxygen atoms in total. The summed E-state index contributed by atoms with van der Waals surface area (Å²) in [6.45, 7) is 14.6. The molecule has 2 atom stereocenters. The summed E-state index contributed by atoms with van der Waals surface area (Å²) in [6, 6.07) is 5.15. The number of amides is 1. The van der Waals surface area contributed by atoms with Gasteiger partial charge in [-0.15, -0.1) is 0 Å². The lowest BCUT2D eigenvalue weighted by Crippen LogP contribution is -2.59. The Labute approximate surface area is 168 Å². The summed E-state index contributed by atoms with van der Waals surface area (Å²) < 4.78 is 20.1. The average molecular weight is 390 g/mol. The first-order valence-corrected chi connectivity index (χ1v) is 9.91. The van der Waals surface area contributed by atoms with Gasteiger partial charge in [-0.05, 0) is 64.7 Å². The van der Waals surface area contributed by atoms with Crippen molar-refractivity contribution in [3.8, 4) is 6.07 Å². The summed E-state index contributed by atoms with van der Waals surface area (Å²) in [5.41, 5.74) is 1.00. The van der Waals surface area contributed by atoms with Gasteiger partial charge in [-0.3, -0.25) is 4.90 Å². The van der Waals surface area contributed by atoms with Crippen molar-refractivity contribution in [3.63, 3.8) is 0 Å². The van der Waals surface area contributed by atoms with Crippen LogP contribution in [0.2, 0.25) is 0 Å². The van der Waals surface area contributed by atoms with E-state index in [0.717, 1.165) is 12.0 Å². The van der Waals surface area contributed by atoms with Crippen LogP contribution in [0.15, 0.2) is 12.1 Å². The third-order valence-corrected chi connectivity index (χ3v) is 4.75. The van der Waals surface area contributed by atoms with Crippen LogP contribution in [0.3, 0.4) is 0 Å². The zero-order valence-corrected chi connectivity index (χ0v) is 18.0. The first-order chi connectivity index (χ1) is 12.9. The second-order valence-corrected chi connectivity index (χ2v) is 9.17. The third kappa shape index (κ3) is 5.15. The molecule has 1 aliphatic heterocycles. The molecule has 2 unspecified atom stereocenters. The standard InChI is InChI=1S/C22H32FN3O2/c1-14(2)8-17-9-19(23)18(11-24)20(10-17)25-12-15(3)26(16(4)13-25)21(27)28-22(5,6)7/h9-10,14-16H,8,12-13H2,1-7H3. The minimum atomic E-state index is -0.560. The fourth-order valence-electron chi connectivity index (χ4n) is 3.79. The van der Waals surface area contributed by atoms with Gasteiger partial charge in [0.05, 0.1) is 17.8 Å². The van der Waals surface area contributed by atoms with E-state index in [-0.39, 0.29) is 23.7 Å². The fraction of sp³-hybridized carbons (Fsp3) is 0.636. The topological polar surface area (TPSA) is 56.6 Å². The highest BCUT2D eigenvalue weighted by Crippen LogP contribution is 2.30. The SMILES string of the molecule is CC(C)Cc1cc(F)c(C#N)c(N2CC(C)N(C(=O)OC(C)(C)C)C(C)C2)c1. The molecule has 0 spiro atoms. The van der Waals surface area contributed by atoms with Crippen molar-refractivity contribution in [2.75, 3.05) is 18.0 Å². The molecule has 2 rings (SSSR count). The summed E-state index contributed by atoms with van der Waals surface area (Å²) in [5.74, 6) is -0.0902. The summed E-state index contributed by atoms with van der Waals surface area (Å²) >= 11 is 0. The van der Waals surface area contributed by atoms with E-state index in [1.165, 1.54) is 6.07 Å². The molecule has 1 saturated heterocycles. The van der Waals surface area contributed by atoms with Crippen LogP contribution in [0, 0.1) is 23.1 Å². The first kappa shape index (κ1) is 22.0. The predicted octanol–water partition coefficient (Wildman–Crippen LogP) is 4.73. The molecule has 0 saturated carbocycles. The van der Waals surface area contributed by atoms with Crippen LogP contribution >= 0.6 is 0 Å². The molecule has 154 valence electrons. The molecule has 0 aromatic heterocycles. The Morgan fingerprint density at radius 3 is 2.32 bits per heavy atom. The number of ether oxygens (including phenoxy) is 1. The van der Waals surface area contributed by atoms with E-state index < -0.39 is 11.4 Å². The molecule has 1 aliphatic rings. The van der Waals surface area contributed by atoms with E-state index in [9.17, 15) is 14.4 Å². The van der Waals surface area contributed by atoms with Crippen LogP contribution in [0.25, 0.3) is 0 Å². The van der Waals surface area contributed by atoms with Crippen LogP contribution in [-0.2, 0) is 11.2 Å². The highest BCUT2D eigenvalue weighted by molar-refractivity contribution is 5.70. The van der Waals surface area contributed by atoms with Crippen molar-refractivity contribution in [2.45, 2.75) is 72.6 Å². The van der Waals surface area contributed by atoms with Gasteiger partial charge in [0.2, 0.25) is 0 Å². The number of benzene rings is 1. The van der Waals surface area contributed by atoms with Crippen molar-refractivity contribution in [2.24, 2.45) is 5.92 Å². The Morgan fingerprint density at radius 2 is 1.86 bits per heavy atom. The molecular weight excluding hydrogens is 357 g/mol. The Bertz CT molecular complexity index is 752. The predicted molar refractivity (Wildman–Crippen MR) is 109 cm³/mol. The Hall–Kier alpha value is -2.29. The lowest BCUT2D eigenvalue weighted by Gasteiger charge is -2.45. The summed E-state index contributed by atoms with van der Waals surface area (Å²) in [7, 11) is 0. The number of hydrogen-bond acceptors (Lipinski definition) is 4. The molecule has 6 heteroatoms. The molecule has 1 aromatic carbocycles. The minimum absolute atomic E-state index is 0.0672. The number of carbonyl (C=O) groups is 1. The van der Waals surface area contributed by atoms with Gasteiger partial charge >= 0.3 is 6.09 Å². The zero-order chi connectivity index (χ0) is 21.2. The van der Waals surface area contributed by atoms with Gasteiger partial charge in [0.15, 0.2) is 0 Å². The minimum Gasteiger partial charge on any atom is -0.444 e. The van der Waals surface area contributed by atoms with Gasteiger partial charge < -0.3 is 9.64 Å². The number of carbonyl (C=O) groups excluding carboxylic acids is 1. The number of nitrogens with zero attached hydrogens (tertiary/aromatic N) is 3. The highest BCUT2D eigenvalue weighted by atomic mass is 19.1. The Morgan fingerprint density at radius 1 is 1.29 bits per heavy atom. The largest absolute Gasteiger partial charge is 0.444 e. The molecule has 0 bridgehead atoms. The van der Waals surface area contributed by atoms with Crippen molar-refractivity contribution < 1.29 is 13.9 Å². The number of halogens is 1. The molecule has 1 aromatic rings. The highest BCUT2D eigenvalue weighted by Gasteiger charge is 2.36. The third-order valence-electron chi connectivity index (χ3n) is 4.75. The Balaban J connectivity index is 2.30. The van der Waals surface area contributed by atoms with Gasteiger partial charge in [-0.1, -0.05) is 13.8 Å². The molecule has 28 heavy (non-hydrogen) atoms. The van der Waals surface area contributed by atoms with Crippen molar-refractivity contribution in [1.29, 1.82) is 5.26 Å². The van der Waals surface area contributed by atoms with Gasteiger partial charge in [0.25, 0.3) is 0 Å². The lowest BCUT2D eigenvalue weighted by atomic mass is 9.98. The molecule has 0 aliphatic carbocycles.